The Labute approximate surface area is 114 Å². The van der Waals surface area contributed by atoms with Crippen LogP contribution >= 0.6 is 0 Å². The number of rotatable bonds is 5. The number of nitrogens with two attached hydrogens (primary N) is 1. The fraction of sp³-hybridized carbons (Fsp3) is 0.364. The highest BCUT2D eigenvalue weighted by molar-refractivity contribution is 7.89. The Bertz CT molecular complexity index is 609. The number of amidine groups is 1. The molecule has 112 valence electrons. The molecule has 0 saturated carbocycles. The summed E-state index contributed by atoms with van der Waals surface area (Å²) in [5.74, 6) is -5.24. The minimum atomic E-state index is -4.62. The molecule has 1 unspecified atom stereocenters. The predicted octanol–water partition coefficient (Wildman–Crippen LogP) is 1.34. The van der Waals surface area contributed by atoms with Crippen LogP contribution in [0.3, 0.4) is 0 Å². The second-order valence-corrected chi connectivity index (χ2v) is 6.15. The van der Waals surface area contributed by atoms with Crippen LogP contribution < -0.4 is 10.5 Å². The fourth-order valence-corrected chi connectivity index (χ4v) is 3.05. The first-order valence-corrected chi connectivity index (χ1v) is 7.05. The Balaban J connectivity index is 3.28. The topological polar surface area (TPSA) is 96.0 Å². The van der Waals surface area contributed by atoms with Crippen LogP contribution in [-0.4, -0.2) is 20.3 Å². The number of benzene rings is 1. The van der Waals surface area contributed by atoms with Gasteiger partial charge in [-0.15, -0.1) is 0 Å². The van der Waals surface area contributed by atoms with Gasteiger partial charge in [0.2, 0.25) is 10.0 Å². The molecule has 0 amide bonds. The van der Waals surface area contributed by atoms with E-state index in [-0.39, 0.29) is 12.1 Å². The number of nitrogens with one attached hydrogen (secondary N) is 2. The van der Waals surface area contributed by atoms with Gasteiger partial charge in [0.1, 0.15) is 23.3 Å². The van der Waals surface area contributed by atoms with E-state index in [1.165, 1.54) is 0 Å². The Hall–Kier alpha value is -1.61. The highest BCUT2D eigenvalue weighted by atomic mass is 32.2. The van der Waals surface area contributed by atoms with Crippen LogP contribution in [0.2, 0.25) is 0 Å². The minimum absolute atomic E-state index is 0.260. The van der Waals surface area contributed by atoms with E-state index in [1.807, 2.05) is 4.72 Å². The molecule has 0 aliphatic carbocycles. The van der Waals surface area contributed by atoms with Gasteiger partial charge in [-0.3, -0.25) is 5.41 Å². The molecular weight excluding hydrogens is 295 g/mol. The lowest BCUT2D eigenvalue weighted by Gasteiger charge is -2.21. The normalized spacial score (nSPS) is 13.5. The van der Waals surface area contributed by atoms with Gasteiger partial charge in [-0.1, -0.05) is 13.8 Å². The zero-order valence-electron chi connectivity index (χ0n) is 10.7. The zero-order valence-corrected chi connectivity index (χ0v) is 11.6. The molecule has 1 aromatic carbocycles. The minimum Gasteiger partial charge on any atom is -0.386 e. The third kappa shape index (κ3) is 3.48. The molecule has 0 aliphatic heterocycles. The van der Waals surface area contributed by atoms with Crippen LogP contribution in [0.5, 0.6) is 0 Å². The SMILES string of the molecule is CC(C)C(NS(=O)(=O)c1c(F)cc(F)cc1F)C(=N)N. The summed E-state index contributed by atoms with van der Waals surface area (Å²) in [6.07, 6.45) is 0. The van der Waals surface area contributed by atoms with Crippen LogP contribution in [0.1, 0.15) is 13.8 Å². The van der Waals surface area contributed by atoms with Crippen molar-refractivity contribution in [3.8, 4) is 0 Å². The van der Waals surface area contributed by atoms with Crippen molar-refractivity contribution in [3.63, 3.8) is 0 Å². The Morgan fingerprint density at radius 1 is 1.25 bits per heavy atom. The summed E-state index contributed by atoms with van der Waals surface area (Å²) in [5.41, 5.74) is 5.23. The second kappa shape index (κ2) is 5.80. The first-order valence-electron chi connectivity index (χ1n) is 5.57. The Morgan fingerprint density at radius 3 is 2.05 bits per heavy atom. The number of halogens is 3. The number of hydrogen-bond acceptors (Lipinski definition) is 3. The van der Waals surface area contributed by atoms with Crippen molar-refractivity contribution in [2.45, 2.75) is 24.8 Å². The van der Waals surface area contributed by atoms with Crippen molar-refractivity contribution >= 4 is 15.9 Å². The third-order valence-corrected chi connectivity index (χ3v) is 4.01. The molecule has 9 heteroatoms. The van der Waals surface area contributed by atoms with Crippen molar-refractivity contribution in [1.29, 1.82) is 5.41 Å². The Kier molecular flexibility index (Phi) is 4.77. The molecule has 4 N–H and O–H groups in total. The summed E-state index contributed by atoms with van der Waals surface area (Å²) in [4.78, 5) is -1.30. The van der Waals surface area contributed by atoms with E-state index >= 15 is 0 Å². The van der Waals surface area contributed by atoms with E-state index in [1.54, 1.807) is 13.8 Å². The zero-order chi connectivity index (χ0) is 15.7. The maximum absolute atomic E-state index is 13.5. The average molecular weight is 309 g/mol. The summed E-state index contributed by atoms with van der Waals surface area (Å²) in [6, 6.07) is -0.602. The highest BCUT2D eigenvalue weighted by Gasteiger charge is 2.30. The van der Waals surface area contributed by atoms with Crippen LogP contribution in [0.25, 0.3) is 0 Å². The monoisotopic (exact) mass is 309 g/mol. The molecule has 5 nitrogen and oxygen atoms in total. The fourth-order valence-electron chi connectivity index (χ4n) is 1.57. The lowest BCUT2D eigenvalue weighted by atomic mass is 10.1. The van der Waals surface area contributed by atoms with Gasteiger partial charge in [-0.05, 0) is 5.92 Å². The molecule has 0 saturated heterocycles. The standard InChI is InChI=1S/C11H14F3N3O2S/c1-5(2)9(11(15)16)17-20(18,19)10-7(13)3-6(12)4-8(10)14/h3-5,9,17H,1-2H3,(H3,15,16). The quantitative estimate of drug-likeness (QED) is 0.566. The first kappa shape index (κ1) is 16.4. The molecule has 0 spiro atoms. The number of hydrogen-bond donors (Lipinski definition) is 3. The van der Waals surface area contributed by atoms with Crippen molar-refractivity contribution in [3.05, 3.63) is 29.6 Å². The van der Waals surface area contributed by atoms with Gasteiger partial charge in [0.25, 0.3) is 0 Å². The van der Waals surface area contributed by atoms with Crippen LogP contribution in [0.15, 0.2) is 17.0 Å². The van der Waals surface area contributed by atoms with E-state index in [0.717, 1.165) is 0 Å². The van der Waals surface area contributed by atoms with Crippen molar-refractivity contribution in [1.82, 2.24) is 4.72 Å². The second-order valence-electron chi connectivity index (χ2n) is 4.50. The van der Waals surface area contributed by atoms with Crippen LogP contribution in [-0.2, 0) is 10.0 Å². The molecule has 1 atom stereocenters. The van der Waals surface area contributed by atoms with Crippen molar-refractivity contribution < 1.29 is 21.6 Å². The van der Waals surface area contributed by atoms with Gasteiger partial charge in [0, 0.05) is 12.1 Å². The molecule has 1 rings (SSSR count). The number of sulfonamides is 1. The van der Waals surface area contributed by atoms with Gasteiger partial charge in [-0.2, -0.15) is 0 Å². The smallest absolute Gasteiger partial charge is 0.247 e. The van der Waals surface area contributed by atoms with Crippen molar-refractivity contribution in [2.75, 3.05) is 0 Å². The molecule has 0 radical (unpaired) electrons. The van der Waals surface area contributed by atoms with E-state index in [9.17, 15) is 21.6 Å². The predicted molar refractivity (Wildman–Crippen MR) is 67.2 cm³/mol. The maximum Gasteiger partial charge on any atom is 0.247 e. The highest BCUT2D eigenvalue weighted by Crippen LogP contribution is 2.21. The van der Waals surface area contributed by atoms with E-state index < -0.39 is 50.2 Å². The summed E-state index contributed by atoms with van der Waals surface area (Å²) < 4.78 is 65.5. The summed E-state index contributed by atoms with van der Waals surface area (Å²) in [6.45, 7) is 3.15. The molecule has 0 heterocycles. The largest absolute Gasteiger partial charge is 0.386 e. The molecule has 0 bridgehead atoms. The van der Waals surface area contributed by atoms with Gasteiger partial charge in [-0.25, -0.2) is 26.3 Å². The lowest BCUT2D eigenvalue weighted by molar-refractivity contribution is 0.483. The van der Waals surface area contributed by atoms with Crippen LogP contribution in [0.4, 0.5) is 13.2 Å². The average Bonchev–Trinajstić information content (AvgIpc) is 2.23. The maximum atomic E-state index is 13.5. The van der Waals surface area contributed by atoms with Gasteiger partial charge in [0.05, 0.1) is 6.04 Å². The van der Waals surface area contributed by atoms with Gasteiger partial charge in [0.15, 0.2) is 4.90 Å². The summed E-state index contributed by atoms with van der Waals surface area (Å²) in [5, 5.41) is 7.27. The van der Waals surface area contributed by atoms with E-state index in [0.29, 0.717) is 0 Å². The summed E-state index contributed by atoms with van der Waals surface area (Å²) >= 11 is 0. The molecule has 0 aromatic heterocycles. The molecule has 0 fully saturated rings. The molecule has 20 heavy (non-hydrogen) atoms. The van der Waals surface area contributed by atoms with Crippen LogP contribution in [0, 0.1) is 28.8 Å². The lowest BCUT2D eigenvalue weighted by Crippen LogP contribution is -2.47. The van der Waals surface area contributed by atoms with E-state index in [4.69, 9.17) is 11.1 Å². The van der Waals surface area contributed by atoms with Gasteiger partial charge >= 0.3 is 0 Å². The molecular formula is C11H14F3N3O2S. The summed E-state index contributed by atoms with van der Waals surface area (Å²) in [7, 11) is -4.62. The Morgan fingerprint density at radius 2 is 1.70 bits per heavy atom. The third-order valence-electron chi connectivity index (χ3n) is 2.52. The molecule has 1 aromatic rings. The molecule has 0 aliphatic rings. The van der Waals surface area contributed by atoms with Crippen molar-refractivity contribution in [2.24, 2.45) is 11.7 Å². The van der Waals surface area contributed by atoms with E-state index in [2.05, 4.69) is 0 Å². The van der Waals surface area contributed by atoms with Gasteiger partial charge < -0.3 is 5.73 Å². The first-order chi connectivity index (χ1) is 9.06.